The minimum atomic E-state index is -0.0940. The maximum atomic E-state index is 10.5. The average molecular weight is 316 g/mol. The van der Waals surface area contributed by atoms with E-state index < -0.39 is 0 Å². The van der Waals surface area contributed by atoms with E-state index in [2.05, 4.69) is 30.1 Å². The monoisotopic (exact) mass is 315 g/mol. The first-order valence-corrected chi connectivity index (χ1v) is 8.23. The molecule has 0 amide bonds. The zero-order valence-electron chi connectivity index (χ0n) is 15.5. The Morgan fingerprint density at radius 1 is 1.09 bits per heavy atom. The van der Waals surface area contributed by atoms with Gasteiger partial charge in [-0.15, -0.1) is 0 Å². The van der Waals surface area contributed by atoms with Crippen LogP contribution in [-0.4, -0.2) is 25.5 Å². The Labute approximate surface area is 137 Å². The van der Waals surface area contributed by atoms with Crippen LogP contribution in [-0.2, 0) is 9.53 Å². The van der Waals surface area contributed by atoms with Crippen LogP contribution in [0.2, 0.25) is 0 Å². The van der Waals surface area contributed by atoms with Crippen molar-refractivity contribution < 1.29 is 9.53 Å². The molecule has 0 fully saturated rings. The summed E-state index contributed by atoms with van der Waals surface area (Å²) in [7, 11) is 1.42. The molecule has 0 aromatic heterocycles. The quantitative estimate of drug-likeness (QED) is 0.310. The average Bonchev–Trinajstić information content (AvgIpc) is 2.59. The van der Waals surface area contributed by atoms with Crippen molar-refractivity contribution in [2.45, 2.75) is 79.6 Å². The van der Waals surface area contributed by atoms with Crippen LogP contribution in [0.15, 0.2) is 4.99 Å². The molecule has 0 bridgehead atoms. The molecular formula is C17H37N3O2. The predicted octanol–water partition coefficient (Wildman–Crippen LogP) is 4.46. The number of rotatable bonds is 8. The number of amidine groups is 1. The number of carbonyl (C=O) groups is 1. The van der Waals surface area contributed by atoms with Gasteiger partial charge in [0.05, 0.1) is 12.9 Å². The van der Waals surface area contributed by atoms with E-state index in [4.69, 9.17) is 11.0 Å². The van der Waals surface area contributed by atoms with Crippen LogP contribution in [0.25, 0.3) is 0 Å². The molecular weight excluding hydrogens is 278 g/mol. The molecule has 0 aliphatic rings. The van der Waals surface area contributed by atoms with Crippen molar-refractivity contribution in [3.63, 3.8) is 0 Å². The van der Waals surface area contributed by atoms with E-state index in [1.54, 1.807) is 0 Å². The Kier molecular flexibility index (Phi) is 41.2. The van der Waals surface area contributed by atoms with Gasteiger partial charge in [-0.05, 0) is 12.8 Å². The lowest BCUT2D eigenvalue weighted by Crippen LogP contribution is -2.09. The molecule has 0 rings (SSSR count). The fourth-order valence-corrected chi connectivity index (χ4v) is 1.11. The Hall–Kier alpha value is -1.57. The highest BCUT2D eigenvalue weighted by atomic mass is 16.5. The number of hydrogen-bond acceptors (Lipinski definition) is 4. The van der Waals surface area contributed by atoms with E-state index in [1.165, 1.54) is 13.5 Å². The molecule has 0 aliphatic heterocycles. The topological polar surface area (TPSA) is 88.5 Å². The number of unbranched alkanes of at least 4 members (excludes halogenated alkanes) is 3. The van der Waals surface area contributed by atoms with Gasteiger partial charge in [-0.1, -0.05) is 53.9 Å². The zero-order valence-corrected chi connectivity index (χ0v) is 15.5. The molecule has 22 heavy (non-hydrogen) atoms. The maximum absolute atomic E-state index is 10.5. The molecule has 0 aliphatic carbocycles. The molecule has 2 N–H and O–H groups in total. The summed E-state index contributed by atoms with van der Waals surface area (Å²) in [6.45, 7) is 14.7. The lowest BCUT2D eigenvalue weighted by Gasteiger charge is -1.95. The molecule has 0 saturated heterocycles. The van der Waals surface area contributed by atoms with Crippen molar-refractivity contribution in [2.75, 3.05) is 13.7 Å². The van der Waals surface area contributed by atoms with Gasteiger partial charge in [0.25, 0.3) is 0 Å². The highest BCUT2D eigenvalue weighted by Gasteiger charge is 1.96. The van der Waals surface area contributed by atoms with Gasteiger partial charge in [-0.25, -0.2) is 5.26 Å². The van der Waals surface area contributed by atoms with Gasteiger partial charge in [-0.3, -0.25) is 9.79 Å². The Bertz CT molecular complexity index is 252. The van der Waals surface area contributed by atoms with Gasteiger partial charge in [-0.2, -0.15) is 0 Å². The van der Waals surface area contributed by atoms with Gasteiger partial charge < -0.3 is 10.5 Å². The van der Waals surface area contributed by atoms with Crippen LogP contribution in [0.3, 0.4) is 0 Å². The first-order valence-electron chi connectivity index (χ1n) is 8.23. The maximum Gasteiger partial charge on any atom is 0.305 e. The minimum absolute atomic E-state index is 0.0940. The smallest absolute Gasteiger partial charge is 0.305 e. The normalized spacial score (nSPS) is 9.00. The summed E-state index contributed by atoms with van der Waals surface area (Å²) < 4.78 is 4.46. The van der Waals surface area contributed by atoms with Crippen LogP contribution in [0.1, 0.15) is 79.6 Å². The summed E-state index contributed by atoms with van der Waals surface area (Å²) >= 11 is 0. The molecule has 0 heterocycles. The van der Waals surface area contributed by atoms with Crippen LogP contribution < -0.4 is 5.73 Å². The highest BCUT2D eigenvalue weighted by molar-refractivity contribution is 5.79. The Balaban J connectivity index is -0.000000120. The standard InChI is InChI=1S/C7H16N2.C7H14O2.C2H6.CHN/c1-3-5-6-9-7(8)4-2;1-3-4-5-6-7(8)9-2;2*1-2/h3-6H2,1-2H3,(H2,8,9);3-6H2,1-2H3;1-2H3;1H. The van der Waals surface area contributed by atoms with Crippen LogP contribution >= 0.6 is 0 Å². The minimum Gasteiger partial charge on any atom is -0.469 e. The molecule has 0 saturated carbocycles. The highest BCUT2D eigenvalue weighted by Crippen LogP contribution is 1.98. The summed E-state index contributed by atoms with van der Waals surface area (Å²) in [4.78, 5) is 14.6. The Morgan fingerprint density at radius 3 is 1.95 bits per heavy atom. The summed E-state index contributed by atoms with van der Waals surface area (Å²) in [5, 5.41) is 6.50. The van der Waals surface area contributed by atoms with Crippen LogP contribution in [0.5, 0.6) is 0 Å². The molecule has 0 radical (unpaired) electrons. The third kappa shape index (κ3) is 36.2. The van der Waals surface area contributed by atoms with Gasteiger partial charge in [0.2, 0.25) is 0 Å². The van der Waals surface area contributed by atoms with Crippen molar-refractivity contribution in [3.05, 3.63) is 0 Å². The fourth-order valence-electron chi connectivity index (χ4n) is 1.11. The number of nitriles is 1. The van der Waals surface area contributed by atoms with E-state index in [0.717, 1.165) is 44.5 Å². The second-order valence-corrected chi connectivity index (χ2v) is 4.11. The summed E-state index contributed by atoms with van der Waals surface area (Å²) in [6, 6.07) is 0. The van der Waals surface area contributed by atoms with Crippen molar-refractivity contribution >= 4 is 11.8 Å². The van der Waals surface area contributed by atoms with Gasteiger partial charge >= 0.3 is 5.97 Å². The molecule has 0 unspecified atom stereocenters. The lowest BCUT2D eigenvalue weighted by atomic mass is 10.2. The SMILES string of the molecule is C#N.CC.CCCCCC(=O)OC.CCCCN=C(N)CC. The number of ether oxygens (including phenoxy) is 1. The number of carbonyl (C=O) groups excluding carboxylic acids is 1. The lowest BCUT2D eigenvalue weighted by molar-refractivity contribution is -0.140. The van der Waals surface area contributed by atoms with Gasteiger partial charge in [0.1, 0.15) is 0 Å². The van der Waals surface area contributed by atoms with Crippen molar-refractivity contribution in [1.29, 1.82) is 5.26 Å². The second kappa shape index (κ2) is 31.7. The number of hydrogen-bond donors (Lipinski definition) is 1. The second-order valence-electron chi connectivity index (χ2n) is 4.11. The molecule has 132 valence electrons. The van der Waals surface area contributed by atoms with Gasteiger partial charge in [0, 0.05) is 26.0 Å². The van der Waals surface area contributed by atoms with E-state index >= 15 is 0 Å². The van der Waals surface area contributed by atoms with Crippen LogP contribution in [0, 0.1) is 11.8 Å². The fraction of sp³-hybridized carbons (Fsp3) is 0.824. The third-order valence-corrected chi connectivity index (χ3v) is 2.40. The van der Waals surface area contributed by atoms with E-state index in [0.29, 0.717) is 6.42 Å². The van der Waals surface area contributed by atoms with Crippen molar-refractivity contribution in [1.82, 2.24) is 0 Å². The molecule has 5 heteroatoms. The van der Waals surface area contributed by atoms with Crippen LogP contribution in [0.4, 0.5) is 0 Å². The van der Waals surface area contributed by atoms with E-state index in [9.17, 15) is 4.79 Å². The first kappa shape index (κ1) is 28.6. The zero-order chi connectivity index (χ0) is 18.2. The summed E-state index contributed by atoms with van der Waals surface area (Å²) in [6.07, 6.45) is 7.03. The number of methoxy groups -OCH3 is 1. The number of aliphatic imine (C=N–C) groups is 1. The predicted molar refractivity (Wildman–Crippen MR) is 95.9 cm³/mol. The summed E-state index contributed by atoms with van der Waals surface area (Å²) in [5.41, 5.74) is 5.46. The van der Waals surface area contributed by atoms with Gasteiger partial charge in [0.15, 0.2) is 0 Å². The molecule has 0 spiro atoms. The van der Waals surface area contributed by atoms with Crippen molar-refractivity contribution in [3.8, 4) is 6.57 Å². The molecule has 0 atom stereocenters. The molecule has 0 aromatic rings. The van der Waals surface area contributed by atoms with Crippen molar-refractivity contribution in [2.24, 2.45) is 10.7 Å². The van der Waals surface area contributed by atoms with E-state index in [1.807, 2.05) is 20.8 Å². The largest absolute Gasteiger partial charge is 0.469 e. The van der Waals surface area contributed by atoms with E-state index in [-0.39, 0.29) is 5.97 Å². The first-order chi connectivity index (χ1) is 10.6. The third-order valence-electron chi connectivity index (χ3n) is 2.40. The summed E-state index contributed by atoms with van der Waals surface area (Å²) in [5.74, 6) is 0.687. The number of nitrogens with two attached hydrogens (primary N) is 1. The Morgan fingerprint density at radius 2 is 1.59 bits per heavy atom. The number of nitrogens with zero attached hydrogens (tertiary/aromatic N) is 2. The molecule has 5 nitrogen and oxygen atoms in total. The number of esters is 1. The molecule has 0 aromatic carbocycles.